The quantitative estimate of drug-likeness (QED) is 0.637. The van der Waals surface area contributed by atoms with Crippen molar-refractivity contribution in [3.63, 3.8) is 0 Å². The summed E-state index contributed by atoms with van der Waals surface area (Å²) in [5.74, 6) is 0.416. The van der Waals surface area contributed by atoms with Crippen LogP contribution in [0.5, 0.6) is 0 Å². The van der Waals surface area contributed by atoms with Gasteiger partial charge in [-0.25, -0.2) is 9.97 Å². The molecule has 0 radical (unpaired) electrons. The van der Waals surface area contributed by atoms with Gasteiger partial charge in [0.2, 0.25) is 0 Å². The first-order valence-corrected chi connectivity index (χ1v) is 8.74. The Morgan fingerprint density at radius 3 is 2.63 bits per heavy atom. The smallest absolute Gasteiger partial charge is 0.255 e. The third-order valence-corrected chi connectivity index (χ3v) is 4.22. The van der Waals surface area contributed by atoms with Crippen molar-refractivity contribution in [1.29, 1.82) is 0 Å². The molecule has 0 aliphatic carbocycles. The normalized spacial score (nSPS) is 10.4. The van der Waals surface area contributed by atoms with Crippen molar-refractivity contribution in [2.75, 3.05) is 29.6 Å². The zero-order valence-corrected chi connectivity index (χ0v) is 16.1. The monoisotopic (exact) mass is 381 g/mol. The average Bonchev–Trinajstić information content (AvgIpc) is 2.64. The molecular formula is C20H20ClN5O. The van der Waals surface area contributed by atoms with Crippen LogP contribution in [-0.4, -0.2) is 30.0 Å². The van der Waals surface area contributed by atoms with Crippen molar-refractivity contribution in [3.05, 3.63) is 71.1 Å². The van der Waals surface area contributed by atoms with E-state index in [1.54, 1.807) is 12.1 Å². The molecule has 1 heterocycles. The third-order valence-electron chi connectivity index (χ3n) is 4.02. The number of aromatic nitrogens is 2. The summed E-state index contributed by atoms with van der Waals surface area (Å²) in [7, 11) is 3.88. The number of amides is 1. The highest BCUT2D eigenvalue weighted by Crippen LogP contribution is 2.24. The maximum Gasteiger partial charge on any atom is 0.255 e. The van der Waals surface area contributed by atoms with E-state index in [0.29, 0.717) is 22.2 Å². The largest absolute Gasteiger partial charge is 0.378 e. The number of carbonyl (C=O) groups excluding carboxylic acids is 1. The fraction of sp³-hybridized carbons (Fsp3) is 0.150. The van der Waals surface area contributed by atoms with Crippen LogP contribution < -0.4 is 15.5 Å². The SMILES string of the molecule is Cc1ccc(NC(=O)c2cccc(N(C)C)c2)cc1Nc1cc(Cl)ncn1. The molecule has 3 rings (SSSR count). The molecule has 1 amide bonds. The Bertz CT molecular complexity index is 974. The van der Waals surface area contributed by atoms with Gasteiger partial charge >= 0.3 is 0 Å². The molecule has 0 atom stereocenters. The van der Waals surface area contributed by atoms with Crippen LogP contribution in [0.3, 0.4) is 0 Å². The van der Waals surface area contributed by atoms with E-state index in [2.05, 4.69) is 20.6 Å². The number of nitrogens with zero attached hydrogens (tertiary/aromatic N) is 3. The molecule has 6 nitrogen and oxygen atoms in total. The number of aryl methyl sites for hydroxylation is 1. The molecule has 2 N–H and O–H groups in total. The lowest BCUT2D eigenvalue weighted by atomic mass is 10.1. The standard InChI is InChI=1S/C20H20ClN5O/c1-13-7-8-15(10-17(13)25-19-11-18(21)22-12-23-19)24-20(27)14-5-4-6-16(9-14)26(2)3/h4-12H,1-3H3,(H,24,27)(H,22,23,25). The van der Waals surface area contributed by atoms with Gasteiger partial charge < -0.3 is 15.5 Å². The highest BCUT2D eigenvalue weighted by atomic mass is 35.5. The number of benzene rings is 2. The van der Waals surface area contributed by atoms with E-state index >= 15 is 0 Å². The number of carbonyl (C=O) groups is 1. The van der Waals surface area contributed by atoms with Crippen molar-refractivity contribution in [1.82, 2.24) is 9.97 Å². The molecule has 0 saturated heterocycles. The third kappa shape index (κ3) is 4.74. The predicted molar refractivity (Wildman–Crippen MR) is 110 cm³/mol. The fourth-order valence-corrected chi connectivity index (χ4v) is 2.65. The number of anilines is 4. The number of halogens is 1. The summed E-state index contributed by atoms with van der Waals surface area (Å²) in [6.07, 6.45) is 1.39. The summed E-state index contributed by atoms with van der Waals surface area (Å²) in [5.41, 5.74) is 4.08. The molecule has 7 heteroatoms. The van der Waals surface area contributed by atoms with Crippen molar-refractivity contribution in [3.8, 4) is 0 Å². The highest BCUT2D eigenvalue weighted by Gasteiger charge is 2.09. The first kappa shape index (κ1) is 18.7. The predicted octanol–water partition coefficient (Wildman–Crippen LogP) is 4.50. The molecule has 3 aromatic rings. The van der Waals surface area contributed by atoms with Crippen LogP contribution in [-0.2, 0) is 0 Å². The molecule has 0 aliphatic rings. The minimum Gasteiger partial charge on any atom is -0.378 e. The first-order valence-electron chi connectivity index (χ1n) is 8.36. The maximum absolute atomic E-state index is 12.6. The van der Waals surface area contributed by atoms with Crippen LogP contribution >= 0.6 is 11.6 Å². The van der Waals surface area contributed by atoms with Gasteiger partial charge in [0.25, 0.3) is 5.91 Å². The highest BCUT2D eigenvalue weighted by molar-refractivity contribution is 6.29. The van der Waals surface area contributed by atoms with Crippen molar-refractivity contribution in [2.24, 2.45) is 0 Å². The van der Waals surface area contributed by atoms with Gasteiger partial charge in [-0.15, -0.1) is 0 Å². The number of hydrogen-bond donors (Lipinski definition) is 2. The zero-order valence-electron chi connectivity index (χ0n) is 15.3. The Morgan fingerprint density at radius 1 is 1.07 bits per heavy atom. The van der Waals surface area contributed by atoms with Crippen LogP contribution in [0, 0.1) is 6.92 Å². The first-order chi connectivity index (χ1) is 12.9. The lowest BCUT2D eigenvalue weighted by Crippen LogP contribution is -2.14. The van der Waals surface area contributed by atoms with Crippen molar-refractivity contribution < 1.29 is 4.79 Å². The molecular weight excluding hydrogens is 362 g/mol. The van der Waals surface area contributed by atoms with Crippen molar-refractivity contribution in [2.45, 2.75) is 6.92 Å². The van der Waals surface area contributed by atoms with Gasteiger partial charge in [0, 0.05) is 42.8 Å². The van der Waals surface area contributed by atoms with Gasteiger partial charge in [-0.05, 0) is 42.8 Å². The van der Waals surface area contributed by atoms with Crippen LogP contribution in [0.25, 0.3) is 0 Å². The Hall–Kier alpha value is -3.12. The second-order valence-corrected chi connectivity index (χ2v) is 6.67. The van der Waals surface area contributed by atoms with E-state index in [9.17, 15) is 4.79 Å². The molecule has 27 heavy (non-hydrogen) atoms. The summed E-state index contributed by atoms with van der Waals surface area (Å²) >= 11 is 5.90. The number of nitrogens with one attached hydrogen (secondary N) is 2. The van der Waals surface area contributed by atoms with Gasteiger partial charge in [-0.2, -0.15) is 0 Å². The van der Waals surface area contributed by atoms with Crippen LogP contribution in [0.4, 0.5) is 22.9 Å². The minimum atomic E-state index is -0.168. The van der Waals surface area contributed by atoms with Crippen LogP contribution in [0.15, 0.2) is 54.9 Å². The molecule has 0 spiro atoms. The maximum atomic E-state index is 12.6. The summed E-state index contributed by atoms with van der Waals surface area (Å²) in [4.78, 5) is 22.6. The molecule has 0 unspecified atom stereocenters. The minimum absolute atomic E-state index is 0.168. The summed E-state index contributed by atoms with van der Waals surface area (Å²) in [6, 6.07) is 14.8. The van der Waals surface area contributed by atoms with E-state index < -0.39 is 0 Å². The Kier molecular flexibility index (Phi) is 5.57. The van der Waals surface area contributed by atoms with Gasteiger partial charge in [0.05, 0.1) is 0 Å². The number of rotatable bonds is 5. The van der Waals surface area contributed by atoms with Gasteiger partial charge in [0.15, 0.2) is 0 Å². The summed E-state index contributed by atoms with van der Waals surface area (Å²) in [6.45, 7) is 1.97. The van der Waals surface area contributed by atoms with E-state index in [1.807, 2.05) is 62.3 Å². The van der Waals surface area contributed by atoms with E-state index in [0.717, 1.165) is 16.9 Å². The Balaban J connectivity index is 1.79. The fourth-order valence-electron chi connectivity index (χ4n) is 2.50. The molecule has 0 aliphatic heterocycles. The molecule has 138 valence electrons. The van der Waals surface area contributed by atoms with Gasteiger partial charge in [0.1, 0.15) is 17.3 Å². The van der Waals surface area contributed by atoms with Crippen molar-refractivity contribution >= 4 is 40.4 Å². The lowest BCUT2D eigenvalue weighted by molar-refractivity contribution is 0.102. The second kappa shape index (κ2) is 8.05. The van der Waals surface area contributed by atoms with Gasteiger partial charge in [-0.1, -0.05) is 23.7 Å². The topological polar surface area (TPSA) is 70.2 Å². The molecule has 0 fully saturated rings. The molecule has 2 aromatic carbocycles. The lowest BCUT2D eigenvalue weighted by Gasteiger charge is -2.14. The molecule has 0 saturated carbocycles. The summed E-state index contributed by atoms with van der Waals surface area (Å²) in [5, 5.41) is 6.49. The Morgan fingerprint density at radius 2 is 1.89 bits per heavy atom. The van der Waals surface area contributed by atoms with E-state index in [-0.39, 0.29) is 5.91 Å². The Labute approximate surface area is 163 Å². The molecule has 0 bridgehead atoms. The summed E-state index contributed by atoms with van der Waals surface area (Å²) < 4.78 is 0. The van der Waals surface area contributed by atoms with Crippen LogP contribution in [0.1, 0.15) is 15.9 Å². The number of hydrogen-bond acceptors (Lipinski definition) is 5. The van der Waals surface area contributed by atoms with Crippen LogP contribution in [0.2, 0.25) is 5.15 Å². The zero-order chi connectivity index (χ0) is 19.4. The van der Waals surface area contributed by atoms with Gasteiger partial charge in [-0.3, -0.25) is 4.79 Å². The molecule has 1 aromatic heterocycles. The second-order valence-electron chi connectivity index (χ2n) is 6.28. The van der Waals surface area contributed by atoms with E-state index in [4.69, 9.17) is 11.6 Å². The van der Waals surface area contributed by atoms with E-state index in [1.165, 1.54) is 6.33 Å². The average molecular weight is 382 g/mol.